The number of aryl methyl sites for hydroxylation is 1. The Morgan fingerprint density at radius 3 is 2.78 bits per heavy atom. The van der Waals surface area contributed by atoms with Crippen molar-refractivity contribution < 1.29 is 5.11 Å². The summed E-state index contributed by atoms with van der Waals surface area (Å²) in [5.41, 5.74) is 6.13. The number of imidazole rings is 1. The highest BCUT2D eigenvalue weighted by Crippen LogP contribution is 2.27. The van der Waals surface area contributed by atoms with Crippen LogP contribution in [-0.4, -0.2) is 26.8 Å². The molecular weight excluding hydrogens is 226 g/mol. The highest BCUT2D eigenvalue weighted by atomic mass is 16.3. The van der Waals surface area contributed by atoms with Gasteiger partial charge in [-0.2, -0.15) is 0 Å². The number of hydrogen-bond acceptors (Lipinski definition) is 3. The fraction of sp³-hybridized carbons (Fsp3) is 0.786. The van der Waals surface area contributed by atoms with Crippen molar-refractivity contribution in [2.24, 2.45) is 18.7 Å². The Bertz CT molecular complexity index is 358. The highest BCUT2D eigenvalue weighted by molar-refractivity contribution is 4.95. The SMILES string of the molecule is Cn1ccnc1CC(O)C(N)CC1CCCCC1. The molecule has 1 aromatic heterocycles. The first kappa shape index (κ1) is 13.6. The molecule has 18 heavy (non-hydrogen) atoms. The lowest BCUT2D eigenvalue weighted by atomic mass is 9.83. The second kappa shape index (κ2) is 6.34. The van der Waals surface area contributed by atoms with E-state index in [1.54, 1.807) is 6.20 Å². The summed E-state index contributed by atoms with van der Waals surface area (Å²) in [6.45, 7) is 0. The van der Waals surface area contributed by atoms with Gasteiger partial charge in [-0.1, -0.05) is 32.1 Å². The van der Waals surface area contributed by atoms with E-state index in [1.807, 2.05) is 17.8 Å². The van der Waals surface area contributed by atoms with E-state index < -0.39 is 6.10 Å². The molecule has 0 spiro atoms. The van der Waals surface area contributed by atoms with Gasteiger partial charge in [0.05, 0.1) is 6.10 Å². The third-order valence-corrected chi connectivity index (χ3v) is 4.14. The Morgan fingerprint density at radius 2 is 2.17 bits per heavy atom. The van der Waals surface area contributed by atoms with Crippen LogP contribution in [0.15, 0.2) is 12.4 Å². The highest BCUT2D eigenvalue weighted by Gasteiger charge is 2.22. The smallest absolute Gasteiger partial charge is 0.111 e. The van der Waals surface area contributed by atoms with Crippen LogP contribution in [0.5, 0.6) is 0 Å². The van der Waals surface area contributed by atoms with Crippen LogP contribution in [0.3, 0.4) is 0 Å². The summed E-state index contributed by atoms with van der Waals surface area (Å²) >= 11 is 0. The topological polar surface area (TPSA) is 64.1 Å². The Balaban J connectivity index is 1.80. The summed E-state index contributed by atoms with van der Waals surface area (Å²) < 4.78 is 1.94. The van der Waals surface area contributed by atoms with Crippen LogP contribution in [0, 0.1) is 5.92 Å². The molecule has 3 N–H and O–H groups in total. The zero-order valence-corrected chi connectivity index (χ0v) is 11.3. The molecule has 1 aliphatic carbocycles. The fourth-order valence-electron chi connectivity index (χ4n) is 2.90. The van der Waals surface area contributed by atoms with Gasteiger partial charge in [-0.25, -0.2) is 4.98 Å². The first-order valence-corrected chi connectivity index (χ1v) is 7.06. The number of aromatic nitrogens is 2. The van der Waals surface area contributed by atoms with E-state index in [2.05, 4.69) is 4.98 Å². The maximum atomic E-state index is 10.2. The molecule has 2 unspecified atom stereocenters. The second-order valence-corrected chi connectivity index (χ2v) is 5.63. The molecule has 1 aromatic rings. The summed E-state index contributed by atoms with van der Waals surface area (Å²) in [6, 6.07) is -0.121. The number of hydrogen-bond donors (Lipinski definition) is 2. The average molecular weight is 251 g/mol. The number of nitrogens with zero attached hydrogens (tertiary/aromatic N) is 2. The minimum atomic E-state index is -0.479. The van der Waals surface area contributed by atoms with Crippen molar-refractivity contribution in [2.45, 2.75) is 57.1 Å². The first-order valence-electron chi connectivity index (χ1n) is 7.06. The van der Waals surface area contributed by atoms with E-state index in [-0.39, 0.29) is 6.04 Å². The molecule has 0 saturated heterocycles. The zero-order chi connectivity index (χ0) is 13.0. The Hall–Kier alpha value is -0.870. The van der Waals surface area contributed by atoms with Crippen LogP contribution in [0.25, 0.3) is 0 Å². The van der Waals surface area contributed by atoms with E-state index in [4.69, 9.17) is 5.73 Å². The van der Waals surface area contributed by atoms with Crippen molar-refractivity contribution >= 4 is 0 Å². The van der Waals surface area contributed by atoms with Crippen LogP contribution in [0.2, 0.25) is 0 Å². The molecular formula is C14H25N3O. The molecule has 0 bridgehead atoms. The minimum Gasteiger partial charge on any atom is -0.391 e. The van der Waals surface area contributed by atoms with Gasteiger partial charge in [0, 0.05) is 31.9 Å². The van der Waals surface area contributed by atoms with Gasteiger partial charge in [-0.3, -0.25) is 0 Å². The molecule has 102 valence electrons. The monoisotopic (exact) mass is 251 g/mol. The molecule has 0 aromatic carbocycles. The zero-order valence-electron chi connectivity index (χ0n) is 11.3. The maximum absolute atomic E-state index is 10.2. The van der Waals surface area contributed by atoms with Gasteiger partial charge in [0.2, 0.25) is 0 Å². The van der Waals surface area contributed by atoms with Crippen molar-refractivity contribution in [2.75, 3.05) is 0 Å². The minimum absolute atomic E-state index is 0.121. The summed E-state index contributed by atoms with van der Waals surface area (Å²) in [7, 11) is 1.95. The van der Waals surface area contributed by atoms with Crippen molar-refractivity contribution in [3.63, 3.8) is 0 Å². The van der Waals surface area contributed by atoms with Gasteiger partial charge in [-0.05, 0) is 12.3 Å². The number of nitrogens with two attached hydrogens (primary N) is 1. The number of rotatable bonds is 5. The van der Waals surface area contributed by atoms with Crippen LogP contribution < -0.4 is 5.73 Å². The van der Waals surface area contributed by atoms with Crippen LogP contribution >= 0.6 is 0 Å². The summed E-state index contributed by atoms with van der Waals surface area (Å²) in [5, 5.41) is 10.2. The van der Waals surface area contributed by atoms with E-state index in [0.717, 1.165) is 12.2 Å². The van der Waals surface area contributed by atoms with Crippen molar-refractivity contribution in [1.82, 2.24) is 9.55 Å². The summed E-state index contributed by atoms with van der Waals surface area (Å²) in [4.78, 5) is 4.23. The molecule has 4 heteroatoms. The third-order valence-electron chi connectivity index (χ3n) is 4.14. The number of aliphatic hydroxyl groups excluding tert-OH is 1. The molecule has 2 atom stereocenters. The van der Waals surface area contributed by atoms with E-state index in [1.165, 1.54) is 32.1 Å². The summed E-state index contributed by atoms with van der Waals surface area (Å²) in [5.74, 6) is 1.62. The molecule has 1 heterocycles. The molecule has 1 aliphatic rings. The molecule has 1 saturated carbocycles. The lowest BCUT2D eigenvalue weighted by Gasteiger charge is -2.27. The lowest BCUT2D eigenvalue weighted by Crippen LogP contribution is -2.38. The molecule has 0 aliphatic heterocycles. The predicted octanol–water partition coefficient (Wildman–Crippen LogP) is 1.62. The predicted molar refractivity (Wildman–Crippen MR) is 72.1 cm³/mol. The standard InChI is InChI=1S/C14H25N3O/c1-17-8-7-16-14(17)10-13(18)12(15)9-11-5-3-2-4-6-11/h7-8,11-13,18H,2-6,9-10,15H2,1H3. The number of aliphatic hydroxyl groups is 1. The van der Waals surface area contributed by atoms with E-state index >= 15 is 0 Å². The van der Waals surface area contributed by atoms with Gasteiger partial charge >= 0.3 is 0 Å². The summed E-state index contributed by atoms with van der Waals surface area (Å²) in [6.07, 6.45) is 11.3. The van der Waals surface area contributed by atoms with Gasteiger partial charge in [-0.15, -0.1) is 0 Å². The maximum Gasteiger partial charge on any atom is 0.111 e. The quantitative estimate of drug-likeness (QED) is 0.836. The normalized spacial score (nSPS) is 20.8. The van der Waals surface area contributed by atoms with Gasteiger partial charge < -0.3 is 15.4 Å². The van der Waals surface area contributed by atoms with Crippen molar-refractivity contribution in [3.8, 4) is 0 Å². The van der Waals surface area contributed by atoms with Crippen LogP contribution in [0.1, 0.15) is 44.3 Å². The molecule has 1 fully saturated rings. The van der Waals surface area contributed by atoms with Crippen LogP contribution in [-0.2, 0) is 13.5 Å². The van der Waals surface area contributed by atoms with Gasteiger partial charge in [0.1, 0.15) is 5.82 Å². The molecule has 2 rings (SSSR count). The van der Waals surface area contributed by atoms with Gasteiger partial charge in [0.25, 0.3) is 0 Å². The van der Waals surface area contributed by atoms with E-state index in [0.29, 0.717) is 12.3 Å². The largest absolute Gasteiger partial charge is 0.391 e. The Labute approximate surface area is 109 Å². The van der Waals surface area contributed by atoms with Gasteiger partial charge in [0.15, 0.2) is 0 Å². The van der Waals surface area contributed by atoms with Crippen molar-refractivity contribution in [3.05, 3.63) is 18.2 Å². The van der Waals surface area contributed by atoms with Crippen LogP contribution in [0.4, 0.5) is 0 Å². The average Bonchev–Trinajstić information content (AvgIpc) is 2.76. The fourth-order valence-corrected chi connectivity index (χ4v) is 2.90. The Morgan fingerprint density at radius 1 is 1.44 bits per heavy atom. The molecule has 0 radical (unpaired) electrons. The third kappa shape index (κ3) is 3.56. The Kier molecular flexibility index (Phi) is 4.78. The van der Waals surface area contributed by atoms with Crippen molar-refractivity contribution in [1.29, 1.82) is 0 Å². The van der Waals surface area contributed by atoms with E-state index in [9.17, 15) is 5.11 Å². The second-order valence-electron chi connectivity index (χ2n) is 5.63. The lowest BCUT2D eigenvalue weighted by molar-refractivity contribution is 0.124. The molecule has 0 amide bonds. The first-order chi connectivity index (χ1) is 8.66. The molecule has 4 nitrogen and oxygen atoms in total.